The SMILES string of the molecule is O=C(CN1CCc2ccccc2C1CO)N1CCCCCC1. The van der Waals surface area contributed by atoms with Crippen LogP contribution in [0.4, 0.5) is 0 Å². The number of nitrogens with zero attached hydrogens (tertiary/aromatic N) is 2. The summed E-state index contributed by atoms with van der Waals surface area (Å²) in [5.74, 6) is 0.222. The molecule has 0 spiro atoms. The highest BCUT2D eigenvalue weighted by Gasteiger charge is 2.29. The van der Waals surface area contributed by atoms with E-state index in [4.69, 9.17) is 0 Å². The second kappa shape index (κ2) is 7.25. The van der Waals surface area contributed by atoms with Gasteiger partial charge in [-0.3, -0.25) is 9.69 Å². The number of carbonyl (C=O) groups is 1. The molecule has 2 aliphatic heterocycles. The molecule has 1 saturated heterocycles. The van der Waals surface area contributed by atoms with E-state index in [2.05, 4.69) is 17.0 Å². The molecular formula is C18H26N2O2. The summed E-state index contributed by atoms with van der Waals surface area (Å²) in [6.45, 7) is 3.14. The van der Waals surface area contributed by atoms with E-state index in [1.807, 2.05) is 17.0 Å². The summed E-state index contributed by atoms with van der Waals surface area (Å²) in [6.07, 6.45) is 5.68. The Kier molecular flexibility index (Phi) is 5.11. The number of aliphatic hydroxyl groups is 1. The second-order valence-electron chi connectivity index (χ2n) is 6.41. The highest BCUT2D eigenvalue weighted by atomic mass is 16.3. The summed E-state index contributed by atoms with van der Waals surface area (Å²) in [5.41, 5.74) is 2.49. The number of hydrogen-bond donors (Lipinski definition) is 1. The Hall–Kier alpha value is -1.39. The van der Waals surface area contributed by atoms with Crippen molar-refractivity contribution in [3.8, 4) is 0 Å². The maximum absolute atomic E-state index is 12.6. The van der Waals surface area contributed by atoms with Crippen molar-refractivity contribution in [2.75, 3.05) is 32.8 Å². The normalized spacial score (nSPS) is 23.0. The molecular weight excluding hydrogens is 276 g/mol. The average molecular weight is 302 g/mol. The molecule has 0 radical (unpaired) electrons. The molecule has 0 bridgehead atoms. The summed E-state index contributed by atoms with van der Waals surface area (Å²) >= 11 is 0. The van der Waals surface area contributed by atoms with Crippen molar-refractivity contribution in [1.82, 2.24) is 9.80 Å². The van der Waals surface area contributed by atoms with E-state index < -0.39 is 0 Å². The topological polar surface area (TPSA) is 43.8 Å². The molecule has 1 unspecified atom stereocenters. The number of amides is 1. The van der Waals surface area contributed by atoms with Gasteiger partial charge in [-0.1, -0.05) is 37.1 Å². The molecule has 0 aliphatic carbocycles. The predicted molar refractivity (Wildman–Crippen MR) is 86.6 cm³/mol. The van der Waals surface area contributed by atoms with E-state index >= 15 is 0 Å². The molecule has 1 amide bonds. The van der Waals surface area contributed by atoms with E-state index in [1.165, 1.54) is 24.0 Å². The fourth-order valence-corrected chi connectivity index (χ4v) is 3.70. The minimum absolute atomic E-state index is 0.0409. The summed E-state index contributed by atoms with van der Waals surface area (Å²) in [7, 11) is 0. The van der Waals surface area contributed by atoms with Crippen LogP contribution in [0.15, 0.2) is 24.3 Å². The van der Waals surface area contributed by atoms with Crippen LogP contribution in [0.3, 0.4) is 0 Å². The molecule has 120 valence electrons. The predicted octanol–water partition coefficient (Wildman–Crippen LogP) is 1.98. The van der Waals surface area contributed by atoms with Crippen molar-refractivity contribution in [3.05, 3.63) is 35.4 Å². The minimum atomic E-state index is -0.0409. The molecule has 1 aromatic carbocycles. The molecule has 2 heterocycles. The molecule has 0 saturated carbocycles. The third kappa shape index (κ3) is 3.33. The standard InChI is InChI=1S/C18H26N2O2/c21-14-17-16-8-4-3-7-15(16)9-12-20(17)13-18(22)19-10-5-1-2-6-11-19/h3-4,7-8,17,21H,1-2,5-6,9-14H2. The van der Waals surface area contributed by atoms with Crippen molar-refractivity contribution in [2.45, 2.75) is 38.1 Å². The number of rotatable bonds is 3. The van der Waals surface area contributed by atoms with Crippen molar-refractivity contribution in [1.29, 1.82) is 0 Å². The van der Waals surface area contributed by atoms with E-state index in [9.17, 15) is 9.90 Å². The summed E-state index contributed by atoms with van der Waals surface area (Å²) < 4.78 is 0. The maximum Gasteiger partial charge on any atom is 0.236 e. The lowest BCUT2D eigenvalue weighted by molar-refractivity contribution is -0.133. The Morgan fingerprint density at radius 3 is 2.55 bits per heavy atom. The van der Waals surface area contributed by atoms with Crippen molar-refractivity contribution < 1.29 is 9.90 Å². The van der Waals surface area contributed by atoms with E-state index in [1.54, 1.807) is 0 Å². The average Bonchev–Trinajstić information content (AvgIpc) is 2.84. The molecule has 1 fully saturated rings. The van der Waals surface area contributed by atoms with Gasteiger partial charge in [0.05, 0.1) is 19.2 Å². The first-order valence-corrected chi connectivity index (χ1v) is 8.50. The van der Waals surface area contributed by atoms with Crippen molar-refractivity contribution in [2.24, 2.45) is 0 Å². The number of fused-ring (bicyclic) bond motifs is 1. The van der Waals surface area contributed by atoms with Crippen LogP contribution in [-0.2, 0) is 11.2 Å². The first-order chi connectivity index (χ1) is 10.8. The smallest absolute Gasteiger partial charge is 0.236 e. The van der Waals surface area contributed by atoms with Crippen molar-refractivity contribution >= 4 is 5.91 Å². The van der Waals surface area contributed by atoms with Gasteiger partial charge >= 0.3 is 0 Å². The maximum atomic E-state index is 12.6. The Labute approximate surface area is 132 Å². The lowest BCUT2D eigenvalue weighted by Crippen LogP contribution is -2.45. The van der Waals surface area contributed by atoms with Gasteiger partial charge in [-0.05, 0) is 30.4 Å². The van der Waals surface area contributed by atoms with E-state index in [0.29, 0.717) is 6.54 Å². The van der Waals surface area contributed by atoms with Crippen LogP contribution in [-0.4, -0.2) is 53.6 Å². The zero-order valence-electron chi connectivity index (χ0n) is 13.2. The lowest BCUT2D eigenvalue weighted by atomic mass is 9.93. The Morgan fingerprint density at radius 1 is 1.09 bits per heavy atom. The van der Waals surface area contributed by atoms with Crippen LogP contribution in [0, 0.1) is 0 Å². The fourth-order valence-electron chi connectivity index (χ4n) is 3.70. The Bertz CT molecular complexity index is 510. The second-order valence-corrected chi connectivity index (χ2v) is 6.41. The third-order valence-corrected chi connectivity index (χ3v) is 4.99. The van der Waals surface area contributed by atoms with Gasteiger partial charge in [0, 0.05) is 19.6 Å². The van der Waals surface area contributed by atoms with Gasteiger partial charge in [0.2, 0.25) is 5.91 Å². The van der Waals surface area contributed by atoms with E-state index in [0.717, 1.165) is 38.9 Å². The van der Waals surface area contributed by atoms with Gasteiger partial charge in [-0.15, -0.1) is 0 Å². The molecule has 22 heavy (non-hydrogen) atoms. The number of carbonyl (C=O) groups excluding carboxylic acids is 1. The van der Waals surface area contributed by atoms with Crippen molar-refractivity contribution in [3.63, 3.8) is 0 Å². The number of likely N-dealkylation sites (tertiary alicyclic amines) is 1. The van der Waals surface area contributed by atoms with Crippen LogP contribution in [0.25, 0.3) is 0 Å². The Balaban J connectivity index is 1.68. The summed E-state index contributed by atoms with van der Waals surface area (Å²) in [5, 5.41) is 9.81. The quantitative estimate of drug-likeness (QED) is 0.928. The van der Waals surface area contributed by atoms with Crippen LogP contribution < -0.4 is 0 Å². The third-order valence-electron chi connectivity index (χ3n) is 4.99. The highest BCUT2D eigenvalue weighted by Crippen LogP contribution is 2.29. The van der Waals surface area contributed by atoms with Gasteiger partial charge in [0.1, 0.15) is 0 Å². The van der Waals surface area contributed by atoms with Gasteiger partial charge in [-0.2, -0.15) is 0 Å². The zero-order valence-corrected chi connectivity index (χ0v) is 13.2. The molecule has 1 aromatic rings. The number of benzene rings is 1. The molecule has 2 aliphatic rings. The largest absolute Gasteiger partial charge is 0.394 e. The van der Waals surface area contributed by atoms with Crippen LogP contribution in [0.5, 0.6) is 0 Å². The molecule has 0 aromatic heterocycles. The summed E-state index contributed by atoms with van der Waals surface area (Å²) in [6, 6.07) is 8.23. The first-order valence-electron chi connectivity index (χ1n) is 8.50. The Morgan fingerprint density at radius 2 is 1.82 bits per heavy atom. The number of aliphatic hydroxyl groups excluding tert-OH is 1. The fraction of sp³-hybridized carbons (Fsp3) is 0.611. The van der Waals surface area contributed by atoms with Gasteiger partial charge < -0.3 is 10.0 Å². The van der Waals surface area contributed by atoms with E-state index in [-0.39, 0.29) is 18.6 Å². The van der Waals surface area contributed by atoms with Crippen LogP contribution >= 0.6 is 0 Å². The molecule has 1 N–H and O–H groups in total. The number of hydrogen-bond acceptors (Lipinski definition) is 3. The first kappa shape index (κ1) is 15.5. The van der Waals surface area contributed by atoms with Gasteiger partial charge in [-0.25, -0.2) is 0 Å². The summed E-state index contributed by atoms with van der Waals surface area (Å²) in [4.78, 5) is 16.8. The highest BCUT2D eigenvalue weighted by molar-refractivity contribution is 5.78. The van der Waals surface area contributed by atoms with Gasteiger partial charge in [0.15, 0.2) is 0 Å². The van der Waals surface area contributed by atoms with Gasteiger partial charge in [0.25, 0.3) is 0 Å². The molecule has 4 nitrogen and oxygen atoms in total. The zero-order chi connectivity index (χ0) is 15.4. The molecule has 4 heteroatoms. The molecule has 1 atom stereocenters. The lowest BCUT2D eigenvalue weighted by Gasteiger charge is -2.37. The monoisotopic (exact) mass is 302 g/mol. The molecule has 3 rings (SSSR count). The minimum Gasteiger partial charge on any atom is -0.394 e. The van der Waals surface area contributed by atoms with Crippen LogP contribution in [0.2, 0.25) is 0 Å². The van der Waals surface area contributed by atoms with Crippen LogP contribution in [0.1, 0.15) is 42.9 Å².